The lowest BCUT2D eigenvalue weighted by molar-refractivity contribution is -0.300. The van der Waals surface area contributed by atoms with Gasteiger partial charge in [-0.2, -0.15) is 13.2 Å². The summed E-state index contributed by atoms with van der Waals surface area (Å²) >= 11 is 0. The first-order chi connectivity index (χ1) is 8.55. The van der Waals surface area contributed by atoms with Crippen LogP contribution in [0, 0.1) is 17.3 Å². The lowest BCUT2D eigenvalue weighted by atomic mass is 9.72. The fourth-order valence-corrected chi connectivity index (χ4v) is 2.94. The van der Waals surface area contributed by atoms with Gasteiger partial charge in [0.15, 0.2) is 0 Å². The number of hydrogen-bond donors (Lipinski definition) is 0. The average molecular weight is 284 g/mol. The normalized spacial score (nSPS) is 36.0. The molecular weight excluding hydrogens is 271 g/mol. The van der Waals surface area contributed by atoms with Gasteiger partial charge in [-0.3, -0.25) is 4.79 Å². The maximum absolute atomic E-state index is 14.1. The summed E-state index contributed by atoms with van der Waals surface area (Å²) in [6, 6.07) is 0. The molecule has 2 bridgehead atoms. The van der Waals surface area contributed by atoms with Crippen molar-refractivity contribution in [2.45, 2.75) is 38.5 Å². The van der Waals surface area contributed by atoms with Gasteiger partial charge in [0.1, 0.15) is 0 Å². The van der Waals surface area contributed by atoms with E-state index in [1.54, 1.807) is 0 Å². The number of halogens is 5. The van der Waals surface area contributed by atoms with E-state index >= 15 is 0 Å². The van der Waals surface area contributed by atoms with Crippen LogP contribution in [0.25, 0.3) is 0 Å². The molecule has 19 heavy (non-hydrogen) atoms. The lowest BCUT2D eigenvalue weighted by Crippen LogP contribution is -2.60. The second-order valence-corrected chi connectivity index (χ2v) is 5.22. The van der Waals surface area contributed by atoms with Gasteiger partial charge in [-0.25, -0.2) is 8.78 Å². The van der Waals surface area contributed by atoms with Crippen molar-refractivity contribution < 1.29 is 31.5 Å². The molecular formula is C12H13F5O2. The zero-order chi connectivity index (χ0) is 14.6. The van der Waals surface area contributed by atoms with Crippen LogP contribution in [0.4, 0.5) is 22.0 Å². The van der Waals surface area contributed by atoms with Crippen LogP contribution < -0.4 is 0 Å². The SMILES string of the molecule is CC(C)OC(=O)C1(C(F)(F)F)C2C=CC(C2)C1(F)F. The van der Waals surface area contributed by atoms with Crippen molar-refractivity contribution in [2.24, 2.45) is 17.3 Å². The third-order valence-corrected chi connectivity index (χ3v) is 3.74. The van der Waals surface area contributed by atoms with Gasteiger partial charge in [-0.05, 0) is 20.3 Å². The first-order valence-electron chi connectivity index (χ1n) is 5.89. The van der Waals surface area contributed by atoms with Crippen LogP contribution in [0.1, 0.15) is 20.3 Å². The Morgan fingerprint density at radius 1 is 1.26 bits per heavy atom. The number of carbonyl (C=O) groups is 1. The second-order valence-electron chi connectivity index (χ2n) is 5.22. The molecule has 0 heterocycles. The highest BCUT2D eigenvalue weighted by Crippen LogP contribution is 2.67. The highest BCUT2D eigenvalue weighted by molar-refractivity contribution is 5.81. The van der Waals surface area contributed by atoms with E-state index in [4.69, 9.17) is 0 Å². The van der Waals surface area contributed by atoms with Gasteiger partial charge in [-0.15, -0.1) is 0 Å². The number of esters is 1. The van der Waals surface area contributed by atoms with Gasteiger partial charge in [0.2, 0.25) is 5.41 Å². The molecule has 2 aliphatic rings. The molecule has 0 aliphatic heterocycles. The third kappa shape index (κ3) is 1.63. The van der Waals surface area contributed by atoms with E-state index in [0.717, 1.165) is 12.2 Å². The Hall–Kier alpha value is -1.14. The van der Waals surface area contributed by atoms with Gasteiger partial charge in [-0.1, -0.05) is 12.2 Å². The van der Waals surface area contributed by atoms with E-state index in [2.05, 4.69) is 4.74 Å². The standard InChI is InChI=1S/C12H13F5O2/c1-6(2)19-9(18)10(12(15,16)17)7-3-4-8(5-7)11(10,13)14/h3-4,6-8H,5H2,1-2H3. The molecule has 0 N–H and O–H groups in total. The van der Waals surface area contributed by atoms with Crippen molar-refractivity contribution in [3.8, 4) is 0 Å². The monoisotopic (exact) mass is 284 g/mol. The fraction of sp³-hybridized carbons (Fsp3) is 0.750. The number of fused-ring (bicyclic) bond motifs is 2. The molecule has 7 heteroatoms. The van der Waals surface area contributed by atoms with Crippen LogP contribution in [0.5, 0.6) is 0 Å². The quantitative estimate of drug-likeness (QED) is 0.442. The first kappa shape index (κ1) is 14.3. The van der Waals surface area contributed by atoms with Crippen LogP contribution in [0.15, 0.2) is 12.2 Å². The Labute approximate surface area is 106 Å². The summed E-state index contributed by atoms with van der Waals surface area (Å²) in [5.41, 5.74) is -3.75. The molecule has 2 aliphatic carbocycles. The minimum Gasteiger partial charge on any atom is -0.462 e. The molecule has 2 nitrogen and oxygen atoms in total. The van der Waals surface area contributed by atoms with Crippen LogP contribution in [0.2, 0.25) is 0 Å². The van der Waals surface area contributed by atoms with E-state index in [0.29, 0.717) is 0 Å². The molecule has 0 saturated heterocycles. The van der Waals surface area contributed by atoms with E-state index < -0.39 is 41.4 Å². The molecule has 2 rings (SSSR count). The summed E-state index contributed by atoms with van der Waals surface area (Å²) in [4.78, 5) is 11.8. The Morgan fingerprint density at radius 3 is 2.16 bits per heavy atom. The van der Waals surface area contributed by atoms with Gasteiger partial charge in [0, 0.05) is 11.8 Å². The summed E-state index contributed by atoms with van der Waals surface area (Å²) in [7, 11) is 0. The van der Waals surface area contributed by atoms with Crippen LogP contribution >= 0.6 is 0 Å². The molecule has 1 fully saturated rings. The summed E-state index contributed by atoms with van der Waals surface area (Å²) in [6.07, 6.45) is -4.51. The summed E-state index contributed by atoms with van der Waals surface area (Å²) < 4.78 is 72.4. The Morgan fingerprint density at radius 2 is 1.79 bits per heavy atom. The van der Waals surface area contributed by atoms with E-state index in [9.17, 15) is 26.7 Å². The second kappa shape index (κ2) is 3.93. The number of carbonyl (C=O) groups excluding carboxylic acids is 1. The molecule has 3 unspecified atom stereocenters. The molecule has 108 valence electrons. The predicted molar refractivity (Wildman–Crippen MR) is 55.4 cm³/mol. The molecule has 0 spiro atoms. The van der Waals surface area contributed by atoms with Crippen LogP contribution in [-0.2, 0) is 9.53 Å². The number of allylic oxidation sites excluding steroid dienone is 2. The Bertz CT molecular complexity index is 426. The van der Waals surface area contributed by atoms with Crippen molar-refractivity contribution >= 4 is 5.97 Å². The minimum atomic E-state index is -5.35. The Kier molecular flexibility index (Phi) is 2.95. The summed E-state index contributed by atoms with van der Waals surface area (Å²) in [5.74, 6) is -9.16. The van der Waals surface area contributed by atoms with E-state index in [1.165, 1.54) is 13.8 Å². The van der Waals surface area contributed by atoms with Crippen molar-refractivity contribution in [3.63, 3.8) is 0 Å². The maximum atomic E-state index is 14.1. The maximum Gasteiger partial charge on any atom is 0.411 e. The zero-order valence-corrected chi connectivity index (χ0v) is 10.3. The molecule has 0 aromatic heterocycles. The van der Waals surface area contributed by atoms with Crippen molar-refractivity contribution in [1.29, 1.82) is 0 Å². The van der Waals surface area contributed by atoms with E-state index in [1.807, 2.05) is 0 Å². The minimum absolute atomic E-state index is 0.375. The molecule has 3 atom stereocenters. The fourth-order valence-electron chi connectivity index (χ4n) is 2.94. The predicted octanol–water partition coefficient (Wildman–Crippen LogP) is 3.33. The highest BCUT2D eigenvalue weighted by atomic mass is 19.4. The number of hydrogen-bond acceptors (Lipinski definition) is 2. The van der Waals surface area contributed by atoms with Gasteiger partial charge in [0.05, 0.1) is 6.10 Å². The largest absolute Gasteiger partial charge is 0.462 e. The first-order valence-corrected chi connectivity index (χ1v) is 5.89. The number of rotatable bonds is 2. The highest BCUT2D eigenvalue weighted by Gasteiger charge is 2.84. The van der Waals surface area contributed by atoms with Crippen LogP contribution in [0.3, 0.4) is 0 Å². The molecule has 0 aromatic rings. The Balaban J connectivity index is 2.54. The number of alkyl halides is 5. The van der Waals surface area contributed by atoms with Gasteiger partial charge < -0.3 is 4.74 Å². The van der Waals surface area contributed by atoms with Crippen molar-refractivity contribution in [3.05, 3.63) is 12.2 Å². The summed E-state index contributed by atoms with van der Waals surface area (Å²) in [5, 5.41) is 0. The zero-order valence-electron chi connectivity index (χ0n) is 10.3. The average Bonchev–Trinajstić information content (AvgIpc) is 2.70. The number of ether oxygens (including phenoxy) is 1. The molecule has 1 saturated carbocycles. The van der Waals surface area contributed by atoms with Gasteiger partial charge >= 0.3 is 12.1 Å². The molecule has 0 amide bonds. The van der Waals surface area contributed by atoms with E-state index in [-0.39, 0.29) is 6.42 Å². The lowest BCUT2D eigenvalue weighted by Gasteiger charge is -2.40. The molecule has 0 radical (unpaired) electrons. The summed E-state index contributed by atoms with van der Waals surface area (Å²) in [6.45, 7) is 2.65. The van der Waals surface area contributed by atoms with Gasteiger partial charge in [0.25, 0.3) is 5.92 Å². The molecule has 0 aromatic carbocycles. The third-order valence-electron chi connectivity index (χ3n) is 3.74. The van der Waals surface area contributed by atoms with Crippen molar-refractivity contribution in [1.82, 2.24) is 0 Å². The van der Waals surface area contributed by atoms with Crippen LogP contribution in [-0.4, -0.2) is 24.2 Å². The topological polar surface area (TPSA) is 26.3 Å². The van der Waals surface area contributed by atoms with Crippen molar-refractivity contribution in [2.75, 3.05) is 0 Å². The smallest absolute Gasteiger partial charge is 0.411 e.